The number of rotatable bonds is 2. The molecule has 0 saturated heterocycles. The molecule has 0 amide bonds. The summed E-state index contributed by atoms with van der Waals surface area (Å²) in [4.78, 5) is 12.2. The van der Waals surface area contributed by atoms with Crippen molar-refractivity contribution in [1.29, 1.82) is 0 Å². The summed E-state index contributed by atoms with van der Waals surface area (Å²) in [5.41, 5.74) is 3.26. The summed E-state index contributed by atoms with van der Waals surface area (Å²) >= 11 is 0. The van der Waals surface area contributed by atoms with Crippen LogP contribution in [-0.4, -0.2) is 15.0 Å². The maximum absolute atomic E-state index is 13.5. The van der Waals surface area contributed by atoms with Gasteiger partial charge in [0.05, 0.1) is 11.9 Å². The number of halogens is 1. The van der Waals surface area contributed by atoms with E-state index in [1.54, 1.807) is 24.8 Å². The zero-order valence-electron chi connectivity index (χ0n) is 9.99. The van der Waals surface area contributed by atoms with Crippen LogP contribution in [0.3, 0.4) is 0 Å². The molecule has 0 aliphatic carbocycles. The summed E-state index contributed by atoms with van der Waals surface area (Å²) in [7, 11) is 0. The standard InChI is InChI=1S/C15H10FN3/c16-13-9-14(11-1-5-17-6-2-11)15(19-10-13)12-3-7-18-8-4-12/h1-10H. The van der Waals surface area contributed by atoms with Crippen molar-refractivity contribution >= 4 is 0 Å². The molecule has 0 atom stereocenters. The van der Waals surface area contributed by atoms with Crippen molar-refractivity contribution in [3.8, 4) is 22.4 Å². The Bertz CT molecular complexity index is 684. The van der Waals surface area contributed by atoms with E-state index < -0.39 is 0 Å². The van der Waals surface area contributed by atoms with Gasteiger partial charge < -0.3 is 0 Å². The minimum absolute atomic E-state index is 0.357. The van der Waals surface area contributed by atoms with E-state index in [-0.39, 0.29) is 5.82 Å². The lowest BCUT2D eigenvalue weighted by Crippen LogP contribution is -1.91. The predicted molar refractivity (Wildman–Crippen MR) is 70.7 cm³/mol. The molecule has 3 aromatic heterocycles. The molecule has 0 saturated carbocycles. The zero-order chi connectivity index (χ0) is 13.1. The molecule has 0 aliphatic rings. The van der Waals surface area contributed by atoms with Crippen molar-refractivity contribution < 1.29 is 4.39 Å². The maximum Gasteiger partial charge on any atom is 0.142 e. The van der Waals surface area contributed by atoms with Crippen LogP contribution in [0.4, 0.5) is 4.39 Å². The number of nitrogens with zero attached hydrogens (tertiary/aromatic N) is 3. The predicted octanol–water partition coefficient (Wildman–Crippen LogP) is 3.34. The lowest BCUT2D eigenvalue weighted by Gasteiger charge is -2.08. The third-order valence-corrected chi connectivity index (χ3v) is 2.80. The first-order valence-corrected chi connectivity index (χ1v) is 5.81. The molecule has 0 aliphatic heterocycles. The molecule has 3 aromatic rings. The second kappa shape index (κ2) is 4.94. The van der Waals surface area contributed by atoms with Gasteiger partial charge in [-0.25, -0.2) is 4.39 Å². The summed E-state index contributed by atoms with van der Waals surface area (Å²) in [6.45, 7) is 0. The van der Waals surface area contributed by atoms with Crippen LogP contribution >= 0.6 is 0 Å². The topological polar surface area (TPSA) is 38.7 Å². The molecular weight excluding hydrogens is 241 g/mol. The van der Waals surface area contributed by atoms with E-state index in [0.29, 0.717) is 0 Å². The lowest BCUT2D eigenvalue weighted by atomic mass is 10.0. The van der Waals surface area contributed by atoms with Gasteiger partial charge in [-0.2, -0.15) is 0 Å². The molecule has 92 valence electrons. The van der Waals surface area contributed by atoms with E-state index in [1.807, 2.05) is 24.3 Å². The summed E-state index contributed by atoms with van der Waals surface area (Å²) in [5.74, 6) is -0.357. The molecule has 0 unspecified atom stereocenters. The Morgan fingerprint density at radius 3 is 2.00 bits per heavy atom. The highest BCUT2D eigenvalue weighted by molar-refractivity contribution is 5.80. The van der Waals surface area contributed by atoms with E-state index in [1.165, 1.54) is 12.3 Å². The molecule has 0 radical (unpaired) electrons. The number of pyridine rings is 3. The van der Waals surface area contributed by atoms with Gasteiger partial charge in [-0.3, -0.25) is 15.0 Å². The molecule has 3 heterocycles. The summed E-state index contributed by atoms with van der Waals surface area (Å²) in [6, 6.07) is 8.86. The highest BCUT2D eigenvalue weighted by atomic mass is 19.1. The zero-order valence-corrected chi connectivity index (χ0v) is 9.99. The Balaban J connectivity index is 2.21. The summed E-state index contributed by atoms with van der Waals surface area (Å²) in [5, 5.41) is 0. The van der Waals surface area contributed by atoms with Gasteiger partial charge in [0.15, 0.2) is 0 Å². The molecule has 0 bridgehead atoms. The van der Waals surface area contributed by atoms with Crippen LogP contribution < -0.4 is 0 Å². The fraction of sp³-hybridized carbons (Fsp3) is 0. The van der Waals surface area contributed by atoms with Gasteiger partial charge >= 0.3 is 0 Å². The van der Waals surface area contributed by atoms with Crippen molar-refractivity contribution in [2.75, 3.05) is 0 Å². The summed E-state index contributed by atoms with van der Waals surface area (Å²) < 4.78 is 13.5. The van der Waals surface area contributed by atoms with E-state index in [4.69, 9.17) is 0 Å². The lowest BCUT2D eigenvalue weighted by molar-refractivity contribution is 0.622. The van der Waals surface area contributed by atoms with E-state index >= 15 is 0 Å². The van der Waals surface area contributed by atoms with Gasteiger partial charge in [0.2, 0.25) is 0 Å². The van der Waals surface area contributed by atoms with Crippen molar-refractivity contribution in [1.82, 2.24) is 15.0 Å². The van der Waals surface area contributed by atoms with Crippen LogP contribution in [0.5, 0.6) is 0 Å². The van der Waals surface area contributed by atoms with E-state index in [9.17, 15) is 4.39 Å². The van der Waals surface area contributed by atoms with Crippen molar-refractivity contribution in [3.63, 3.8) is 0 Å². The first-order valence-electron chi connectivity index (χ1n) is 5.81. The molecule has 19 heavy (non-hydrogen) atoms. The number of hydrogen-bond acceptors (Lipinski definition) is 3. The first kappa shape index (κ1) is 11.5. The van der Waals surface area contributed by atoms with Crippen LogP contribution in [0, 0.1) is 5.82 Å². The van der Waals surface area contributed by atoms with Gasteiger partial charge in [-0.15, -0.1) is 0 Å². The fourth-order valence-electron chi connectivity index (χ4n) is 1.93. The van der Waals surface area contributed by atoms with Crippen LogP contribution in [0.1, 0.15) is 0 Å². The maximum atomic E-state index is 13.5. The molecule has 4 heteroatoms. The Hall–Kier alpha value is -2.62. The minimum Gasteiger partial charge on any atom is -0.265 e. The summed E-state index contributed by atoms with van der Waals surface area (Å²) in [6.07, 6.45) is 7.96. The number of hydrogen-bond donors (Lipinski definition) is 0. The van der Waals surface area contributed by atoms with Crippen LogP contribution in [0.2, 0.25) is 0 Å². The van der Waals surface area contributed by atoms with Gasteiger partial charge in [0, 0.05) is 35.9 Å². The fourth-order valence-corrected chi connectivity index (χ4v) is 1.93. The van der Waals surface area contributed by atoms with Gasteiger partial charge in [-0.05, 0) is 35.9 Å². The Kier molecular flexibility index (Phi) is 2.98. The Labute approximate surface area is 109 Å². The van der Waals surface area contributed by atoms with E-state index in [0.717, 1.165) is 22.4 Å². The van der Waals surface area contributed by atoms with Crippen molar-refractivity contribution in [2.45, 2.75) is 0 Å². The monoisotopic (exact) mass is 251 g/mol. The number of aromatic nitrogens is 3. The molecule has 0 aromatic carbocycles. The average Bonchev–Trinajstić information content (AvgIpc) is 2.49. The quantitative estimate of drug-likeness (QED) is 0.701. The van der Waals surface area contributed by atoms with Crippen molar-refractivity contribution in [2.24, 2.45) is 0 Å². The average molecular weight is 251 g/mol. The molecule has 3 rings (SSSR count). The first-order chi connectivity index (χ1) is 9.34. The third-order valence-electron chi connectivity index (χ3n) is 2.80. The minimum atomic E-state index is -0.357. The molecule has 0 N–H and O–H groups in total. The van der Waals surface area contributed by atoms with Gasteiger partial charge in [-0.1, -0.05) is 0 Å². The van der Waals surface area contributed by atoms with Gasteiger partial charge in [0.1, 0.15) is 5.82 Å². The van der Waals surface area contributed by atoms with Crippen LogP contribution in [-0.2, 0) is 0 Å². The SMILES string of the molecule is Fc1cnc(-c2ccncc2)c(-c2ccncc2)c1. The highest BCUT2D eigenvalue weighted by Crippen LogP contribution is 2.29. The largest absolute Gasteiger partial charge is 0.265 e. The van der Waals surface area contributed by atoms with Crippen LogP contribution in [0.25, 0.3) is 22.4 Å². The normalized spacial score (nSPS) is 10.4. The molecule has 3 nitrogen and oxygen atoms in total. The van der Waals surface area contributed by atoms with Crippen LogP contribution in [0.15, 0.2) is 61.3 Å². The Morgan fingerprint density at radius 2 is 1.37 bits per heavy atom. The highest BCUT2D eigenvalue weighted by Gasteiger charge is 2.10. The molecule has 0 fully saturated rings. The molecule has 0 spiro atoms. The van der Waals surface area contributed by atoms with Gasteiger partial charge in [0.25, 0.3) is 0 Å². The van der Waals surface area contributed by atoms with Crippen molar-refractivity contribution in [3.05, 3.63) is 67.1 Å². The smallest absolute Gasteiger partial charge is 0.142 e. The third kappa shape index (κ3) is 2.33. The molecular formula is C15H10FN3. The second-order valence-corrected chi connectivity index (χ2v) is 4.02. The Morgan fingerprint density at radius 1 is 0.789 bits per heavy atom. The van der Waals surface area contributed by atoms with E-state index in [2.05, 4.69) is 15.0 Å². The second-order valence-electron chi connectivity index (χ2n) is 4.02.